The summed E-state index contributed by atoms with van der Waals surface area (Å²) >= 11 is 0. The van der Waals surface area contributed by atoms with Gasteiger partial charge in [-0.3, -0.25) is 0 Å². The normalized spacial score (nSPS) is 10.8. The van der Waals surface area contributed by atoms with Gasteiger partial charge in [-0.25, -0.2) is 4.79 Å². The second kappa shape index (κ2) is 5.80. The van der Waals surface area contributed by atoms with E-state index in [-0.39, 0.29) is 0 Å². The smallest absolute Gasteiger partial charge is 0.341 e. The second-order valence-electron chi connectivity index (χ2n) is 2.99. The summed E-state index contributed by atoms with van der Waals surface area (Å²) in [5.74, 6) is 0.289. The Morgan fingerprint density at radius 2 is 1.75 bits per heavy atom. The standard InChI is InChI=1S/C12H14O4/c1-14-8-11(12(13)16-3)9-4-6-10(15-2)7-5-9/h4-8H,1-3H3/b11-8-. The molecule has 0 spiro atoms. The maximum Gasteiger partial charge on any atom is 0.341 e. The molecule has 0 saturated carbocycles. The van der Waals surface area contributed by atoms with Gasteiger partial charge in [0.15, 0.2) is 0 Å². The van der Waals surface area contributed by atoms with Gasteiger partial charge >= 0.3 is 5.97 Å². The Morgan fingerprint density at radius 1 is 1.12 bits per heavy atom. The van der Waals surface area contributed by atoms with E-state index in [0.717, 1.165) is 11.3 Å². The number of rotatable bonds is 4. The molecule has 86 valence electrons. The number of ether oxygens (including phenoxy) is 3. The number of methoxy groups -OCH3 is 3. The van der Waals surface area contributed by atoms with E-state index in [9.17, 15) is 4.79 Å². The number of hydrogen-bond donors (Lipinski definition) is 0. The zero-order valence-electron chi connectivity index (χ0n) is 9.52. The predicted molar refractivity (Wildman–Crippen MR) is 60.0 cm³/mol. The van der Waals surface area contributed by atoms with E-state index in [0.29, 0.717) is 5.57 Å². The summed E-state index contributed by atoms with van der Waals surface area (Å²) in [5.41, 5.74) is 1.09. The van der Waals surface area contributed by atoms with E-state index in [1.165, 1.54) is 20.5 Å². The highest BCUT2D eigenvalue weighted by Crippen LogP contribution is 2.19. The van der Waals surface area contributed by atoms with E-state index in [1.807, 2.05) is 0 Å². The van der Waals surface area contributed by atoms with Crippen LogP contribution in [0.25, 0.3) is 5.57 Å². The molecule has 0 amide bonds. The van der Waals surface area contributed by atoms with E-state index in [4.69, 9.17) is 9.47 Å². The molecule has 0 aliphatic carbocycles. The van der Waals surface area contributed by atoms with E-state index < -0.39 is 5.97 Å². The van der Waals surface area contributed by atoms with Gasteiger partial charge in [0.25, 0.3) is 0 Å². The SMILES string of the molecule is CO/C=C(\C(=O)OC)c1ccc(OC)cc1. The van der Waals surface area contributed by atoms with Crippen LogP contribution < -0.4 is 4.74 Å². The first-order chi connectivity index (χ1) is 7.72. The van der Waals surface area contributed by atoms with Crippen molar-refractivity contribution in [2.75, 3.05) is 21.3 Å². The molecule has 0 saturated heterocycles. The molecule has 0 bridgehead atoms. The lowest BCUT2D eigenvalue weighted by Gasteiger charge is -2.06. The van der Waals surface area contributed by atoms with Gasteiger partial charge in [0.2, 0.25) is 0 Å². The molecule has 4 heteroatoms. The highest BCUT2D eigenvalue weighted by atomic mass is 16.5. The van der Waals surface area contributed by atoms with Gasteiger partial charge in [-0.05, 0) is 17.7 Å². The van der Waals surface area contributed by atoms with Crippen LogP contribution in [0, 0.1) is 0 Å². The van der Waals surface area contributed by atoms with Crippen molar-refractivity contribution in [3.05, 3.63) is 36.1 Å². The maximum absolute atomic E-state index is 11.5. The van der Waals surface area contributed by atoms with Crippen molar-refractivity contribution in [1.29, 1.82) is 0 Å². The molecule has 0 radical (unpaired) electrons. The summed E-state index contributed by atoms with van der Waals surface area (Å²) in [6.45, 7) is 0. The lowest BCUT2D eigenvalue weighted by molar-refractivity contribution is -0.133. The van der Waals surface area contributed by atoms with Crippen LogP contribution in [0.2, 0.25) is 0 Å². The third-order valence-corrected chi connectivity index (χ3v) is 2.04. The van der Waals surface area contributed by atoms with Crippen LogP contribution in [-0.2, 0) is 14.3 Å². The van der Waals surface area contributed by atoms with Crippen LogP contribution in [0.3, 0.4) is 0 Å². The quantitative estimate of drug-likeness (QED) is 0.443. The molecule has 0 aromatic heterocycles. The zero-order valence-corrected chi connectivity index (χ0v) is 9.52. The Morgan fingerprint density at radius 3 is 2.19 bits per heavy atom. The van der Waals surface area contributed by atoms with E-state index in [2.05, 4.69) is 4.74 Å². The minimum atomic E-state index is -0.438. The Kier molecular flexibility index (Phi) is 4.39. The monoisotopic (exact) mass is 222 g/mol. The molecule has 0 fully saturated rings. The molecule has 1 aromatic rings. The van der Waals surface area contributed by atoms with Crippen molar-refractivity contribution in [2.45, 2.75) is 0 Å². The van der Waals surface area contributed by atoms with Gasteiger partial charge in [-0.2, -0.15) is 0 Å². The van der Waals surface area contributed by atoms with Gasteiger partial charge in [0.05, 0.1) is 27.6 Å². The number of carbonyl (C=O) groups is 1. The molecule has 1 aromatic carbocycles. The van der Waals surface area contributed by atoms with Crippen LogP contribution >= 0.6 is 0 Å². The summed E-state index contributed by atoms with van der Waals surface area (Å²) in [6, 6.07) is 7.06. The van der Waals surface area contributed by atoms with Crippen LogP contribution in [0.1, 0.15) is 5.56 Å². The fourth-order valence-electron chi connectivity index (χ4n) is 1.23. The number of benzene rings is 1. The van der Waals surface area contributed by atoms with Gasteiger partial charge in [0.1, 0.15) is 11.3 Å². The molecule has 4 nitrogen and oxygen atoms in total. The summed E-state index contributed by atoms with van der Waals surface area (Å²) < 4.78 is 14.5. The molecule has 16 heavy (non-hydrogen) atoms. The lowest BCUT2D eigenvalue weighted by atomic mass is 10.1. The van der Waals surface area contributed by atoms with Gasteiger partial charge < -0.3 is 14.2 Å². The van der Waals surface area contributed by atoms with Crippen LogP contribution in [0.5, 0.6) is 5.75 Å². The topological polar surface area (TPSA) is 44.8 Å². The average molecular weight is 222 g/mol. The largest absolute Gasteiger partial charge is 0.503 e. The van der Waals surface area contributed by atoms with Gasteiger partial charge in [0, 0.05) is 0 Å². The Balaban J connectivity index is 3.02. The molecule has 0 unspecified atom stereocenters. The fourth-order valence-corrected chi connectivity index (χ4v) is 1.23. The maximum atomic E-state index is 11.5. The van der Waals surface area contributed by atoms with Crippen molar-refractivity contribution >= 4 is 11.5 Å². The molecule has 0 aliphatic heterocycles. The highest BCUT2D eigenvalue weighted by molar-refractivity contribution is 6.16. The Hall–Kier alpha value is -1.97. The fraction of sp³-hybridized carbons (Fsp3) is 0.250. The predicted octanol–water partition coefficient (Wildman–Crippen LogP) is 1.86. The van der Waals surface area contributed by atoms with E-state index >= 15 is 0 Å². The molecule has 0 atom stereocenters. The molecule has 0 heterocycles. The third-order valence-electron chi connectivity index (χ3n) is 2.04. The summed E-state index contributed by atoms with van der Waals surface area (Å²) in [6.07, 6.45) is 1.35. The first-order valence-corrected chi connectivity index (χ1v) is 4.68. The summed E-state index contributed by atoms with van der Waals surface area (Å²) in [7, 11) is 4.39. The Labute approximate surface area is 94.4 Å². The lowest BCUT2D eigenvalue weighted by Crippen LogP contribution is -2.04. The van der Waals surface area contributed by atoms with Crippen LogP contribution in [0.4, 0.5) is 0 Å². The molecule has 0 aliphatic rings. The summed E-state index contributed by atoms with van der Waals surface area (Å²) in [4.78, 5) is 11.5. The minimum Gasteiger partial charge on any atom is -0.503 e. The Bertz CT molecular complexity index is 379. The zero-order chi connectivity index (χ0) is 12.0. The molecular weight excluding hydrogens is 208 g/mol. The van der Waals surface area contributed by atoms with Gasteiger partial charge in [-0.15, -0.1) is 0 Å². The first-order valence-electron chi connectivity index (χ1n) is 4.68. The van der Waals surface area contributed by atoms with Gasteiger partial charge in [-0.1, -0.05) is 12.1 Å². The van der Waals surface area contributed by atoms with Crippen molar-refractivity contribution in [3.63, 3.8) is 0 Å². The van der Waals surface area contributed by atoms with Crippen LogP contribution in [0.15, 0.2) is 30.5 Å². The van der Waals surface area contributed by atoms with Crippen LogP contribution in [-0.4, -0.2) is 27.3 Å². The van der Waals surface area contributed by atoms with Crippen molar-refractivity contribution < 1.29 is 19.0 Å². The minimum absolute atomic E-state index is 0.368. The first kappa shape index (κ1) is 12.1. The third kappa shape index (κ3) is 2.76. The van der Waals surface area contributed by atoms with Crippen molar-refractivity contribution in [3.8, 4) is 5.75 Å². The number of esters is 1. The average Bonchev–Trinajstić information content (AvgIpc) is 2.35. The second-order valence-corrected chi connectivity index (χ2v) is 2.99. The van der Waals surface area contributed by atoms with Crippen molar-refractivity contribution in [1.82, 2.24) is 0 Å². The number of carbonyl (C=O) groups excluding carboxylic acids is 1. The highest BCUT2D eigenvalue weighted by Gasteiger charge is 2.12. The molecular formula is C12H14O4. The molecule has 1 rings (SSSR count). The summed E-state index contributed by atoms with van der Waals surface area (Å²) in [5, 5.41) is 0. The van der Waals surface area contributed by atoms with Crippen molar-refractivity contribution in [2.24, 2.45) is 0 Å². The van der Waals surface area contributed by atoms with E-state index in [1.54, 1.807) is 31.4 Å². The number of hydrogen-bond acceptors (Lipinski definition) is 4. The molecule has 0 N–H and O–H groups in total.